The van der Waals surface area contributed by atoms with Crippen LogP contribution in [0.1, 0.15) is 57.1 Å². The van der Waals surface area contributed by atoms with E-state index in [4.69, 9.17) is 11.6 Å². The first-order chi connectivity index (χ1) is 17.6. The van der Waals surface area contributed by atoms with Gasteiger partial charge in [-0.25, -0.2) is 8.42 Å². The first-order valence-electron chi connectivity index (χ1n) is 12.9. The second-order valence-corrected chi connectivity index (χ2v) is 11.6. The Morgan fingerprint density at radius 3 is 2.35 bits per heavy atom. The molecule has 0 saturated carbocycles. The minimum atomic E-state index is -3.58. The summed E-state index contributed by atoms with van der Waals surface area (Å²) in [5, 5.41) is 3.40. The normalized spacial score (nSPS) is 12.1. The SMILES string of the molecule is CCCCNC(=O)C(CC)N(CCc1ccccc1)C(=O)CCCN(c1cc(Cl)ccc1C)S(C)(=O)=O. The second-order valence-electron chi connectivity index (χ2n) is 9.26. The minimum absolute atomic E-state index is 0.124. The van der Waals surface area contributed by atoms with E-state index < -0.39 is 16.1 Å². The van der Waals surface area contributed by atoms with Crippen LogP contribution < -0.4 is 9.62 Å². The fourth-order valence-electron chi connectivity index (χ4n) is 4.24. The fourth-order valence-corrected chi connectivity index (χ4v) is 5.42. The van der Waals surface area contributed by atoms with Crippen LogP contribution in [0.2, 0.25) is 5.02 Å². The molecule has 1 N–H and O–H groups in total. The summed E-state index contributed by atoms with van der Waals surface area (Å²) in [7, 11) is -3.58. The van der Waals surface area contributed by atoms with Gasteiger partial charge in [0, 0.05) is 31.1 Å². The van der Waals surface area contributed by atoms with Gasteiger partial charge in [0.2, 0.25) is 21.8 Å². The van der Waals surface area contributed by atoms with Crippen molar-refractivity contribution in [1.82, 2.24) is 10.2 Å². The van der Waals surface area contributed by atoms with Crippen LogP contribution in [0.15, 0.2) is 48.5 Å². The number of benzene rings is 2. The van der Waals surface area contributed by atoms with Crippen LogP contribution in [0.25, 0.3) is 0 Å². The fraction of sp³-hybridized carbons (Fsp3) is 0.500. The Balaban J connectivity index is 2.17. The first-order valence-corrected chi connectivity index (χ1v) is 15.2. The summed E-state index contributed by atoms with van der Waals surface area (Å²) in [5.41, 5.74) is 2.37. The Labute approximate surface area is 227 Å². The third kappa shape index (κ3) is 9.67. The largest absolute Gasteiger partial charge is 0.354 e. The molecule has 0 spiro atoms. The lowest BCUT2D eigenvalue weighted by atomic mass is 10.1. The lowest BCUT2D eigenvalue weighted by molar-refractivity contribution is -0.140. The Bertz CT molecular complexity index is 1130. The third-order valence-electron chi connectivity index (χ3n) is 6.29. The van der Waals surface area contributed by atoms with Crippen molar-refractivity contribution in [3.05, 3.63) is 64.7 Å². The molecular weight excluding hydrogens is 510 g/mol. The summed E-state index contributed by atoms with van der Waals surface area (Å²) in [6.07, 6.45) is 4.56. The zero-order valence-electron chi connectivity index (χ0n) is 22.4. The number of hydrogen-bond acceptors (Lipinski definition) is 4. The number of halogens is 1. The van der Waals surface area contributed by atoms with E-state index in [0.717, 1.165) is 30.2 Å². The van der Waals surface area contributed by atoms with Crippen molar-refractivity contribution in [2.75, 3.05) is 30.2 Å². The average molecular weight is 550 g/mol. The number of sulfonamides is 1. The Hall–Kier alpha value is -2.58. The number of anilines is 1. The van der Waals surface area contributed by atoms with Crippen LogP contribution >= 0.6 is 11.6 Å². The zero-order valence-corrected chi connectivity index (χ0v) is 23.9. The van der Waals surface area contributed by atoms with Crippen molar-refractivity contribution >= 4 is 39.1 Å². The van der Waals surface area contributed by atoms with E-state index in [1.165, 1.54) is 4.31 Å². The number of carbonyl (C=O) groups is 2. The van der Waals surface area contributed by atoms with Crippen molar-refractivity contribution in [1.29, 1.82) is 0 Å². The van der Waals surface area contributed by atoms with Gasteiger partial charge in [-0.3, -0.25) is 13.9 Å². The highest BCUT2D eigenvalue weighted by atomic mass is 35.5. The first kappa shape index (κ1) is 30.6. The summed E-state index contributed by atoms with van der Waals surface area (Å²) in [6, 6.07) is 14.4. The number of rotatable bonds is 15. The molecule has 1 atom stereocenters. The molecule has 0 fully saturated rings. The molecule has 0 aromatic heterocycles. The molecule has 0 bridgehead atoms. The molecule has 2 rings (SSSR count). The second kappa shape index (κ2) is 15.0. The van der Waals surface area contributed by atoms with Gasteiger partial charge in [-0.2, -0.15) is 0 Å². The van der Waals surface area contributed by atoms with Crippen LogP contribution in [-0.2, 0) is 26.0 Å². The lowest BCUT2D eigenvalue weighted by Crippen LogP contribution is -2.50. The van der Waals surface area contributed by atoms with Gasteiger partial charge in [-0.05, 0) is 55.9 Å². The van der Waals surface area contributed by atoms with E-state index in [-0.39, 0.29) is 24.8 Å². The molecule has 2 aromatic carbocycles. The monoisotopic (exact) mass is 549 g/mol. The summed E-state index contributed by atoms with van der Waals surface area (Å²) in [5.74, 6) is -0.311. The molecule has 0 aliphatic rings. The molecule has 2 aromatic rings. The molecule has 37 heavy (non-hydrogen) atoms. The number of carbonyl (C=O) groups excluding carboxylic acids is 2. The van der Waals surface area contributed by atoms with E-state index in [9.17, 15) is 18.0 Å². The van der Waals surface area contributed by atoms with Gasteiger partial charge in [0.05, 0.1) is 11.9 Å². The number of nitrogens with zero attached hydrogens (tertiary/aromatic N) is 2. The molecule has 1 unspecified atom stereocenters. The van der Waals surface area contributed by atoms with Gasteiger partial charge in [0.25, 0.3) is 0 Å². The highest BCUT2D eigenvalue weighted by molar-refractivity contribution is 7.92. The van der Waals surface area contributed by atoms with Crippen molar-refractivity contribution in [2.24, 2.45) is 0 Å². The van der Waals surface area contributed by atoms with Crippen LogP contribution in [-0.4, -0.2) is 57.1 Å². The molecule has 0 radical (unpaired) electrons. The van der Waals surface area contributed by atoms with E-state index in [1.807, 2.05) is 44.2 Å². The van der Waals surface area contributed by atoms with Gasteiger partial charge in [-0.15, -0.1) is 0 Å². The Morgan fingerprint density at radius 2 is 1.73 bits per heavy atom. The summed E-state index contributed by atoms with van der Waals surface area (Å²) in [4.78, 5) is 28.1. The van der Waals surface area contributed by atoms with Gasteiger partial charge < -0.3 is 10.2 Å². The Kier molecular flexibility index (Phi) is 12.4. The molecule has 0 aliphatic heterocycles. The van der Waals surface area contributed by atoms with Gasteiger partial charge in [0.15, 0.2) is 0 Å². The van der Waals surface area contributed by atoms with E-state index in [0.29, 0.717) is 43.1 Å². The van der Waals surface area contributed by atoms with Crippen molar-refractivity contribution in [2.45, 2.75) is 65.3 Å². The van der Waals surface area contributed by atoms with Crippen LogP contribution in [0.5, 0.6) is 0 Å². The number of aryl methyl sites for hydroxylation is 1. The smallest absolute Gasteiger partial charge is 0.242 e. The molecule has 0 heterocycles. The zero-order chi connectivity index (χ0) is 27.4. The third-order valence-corrected chi connectivity index (χ3v) is 7.71. The minimum Gasteiger partial charge on any atom is -0.354 e. The maximum absolute atomic E-state index is 13.4. The summed E-state index contributed by atoms with van der Waals surface area (Å²) < 4.78 is 26.4. The maximum atomic E-state index is 13.4. The topological polar surface area (TPSA) is 86.8 Å². The standard InChI is InChI=1S/C28H40ClN3O4S/c1-5-7-18-30-28(34)25(6-2)31(20-17-23-12-9-8-10-13-23)27(33)14-11-19-32(37(4,35)36)26-21-24(29)16-15-22(26)3/h8-10,12-13,15-16,21,25H,5-7,11,14,17-20H2,1-4H3,(H,30,34). The summed E-state index contributed by atoms with van der Waals surface area (Å²) >= 11 is 6.13. The molecular formula is C28H40ClN3O4S. The maximum Gasteiger partial charge on any atom is 0.242 e. The van der Waals surface area contributed by atoms with Crippen molar-refractivity contribution < 1.29 is 18.0 Å². The van der Waals surface area contributed by atoms with Crippen LogP contribution in [0.4, 0.5) is 5.69 Å². The predicted octanol–water partition coefficient (Wildman–Crippen LogP) is 4.96. The molecule has 2 amide bonds. The molecule has 7 nitrogen and oxygen atoms in total. The van der Waals surface area contributed by atoms with Gasteiger partial charge in [0.1, 0.15) is 6.04 Å². The molecule has 0 aliphatic carbocycles. The van der Waals surface area contributed by atoms with E-state index in [2.05, 4.69) is 12.2 Å². The number of amides is 2. The lowest BCUT2D eigenvalue weighted by Gasteiger charge is -2.31. The van der Waals surface area contributed by atoms with Gasteiger partial charge >= 0.3 is 0 Å². The van der Waals surface area contributed by atoms with Crippen molar-refractivity contribution in [3.63, 3.8) is 0 Å². The average Bonchev–Trinajstić information content (AvgIpc) is 2.86. The van der Waals surface area contributed by atoms with Gasteiger partial charge in [-0.1, -0.05) is 68.3 Å². The number of nitrogens with one attached hydrogen (secondary N) is 1. The Morgan fingerprint density at radius 1 is 1.03 bits per heavy atom. The molecule has 204 valence electrons. The van der Waals surface area contributed by atoms with Crippen LogP contribution in [0, 0.1) is 6.92 Å². The van der Waals surface area contributed by atoms with E-state index >= 15 is 0 Å². The van der Waals surface area contributed by atoms with E-state index in [1.54, 1.807) is 23.1 Å². The highest BCUT2D eigenvalue weighted by Crippen LogP contribution is 2.27. The highest BCUT2D eigenvalue weighted by Gasteiger charge is 2.28. The number of hydrogen-bond donors (Lipinski definition) is 1. The predicted molar refractivity (Wildman–Crippen MR) is 151 cm³/mol. The number of unbranched alkanes of at least 4 members (excludes halogenated alkanes) is 1. The quantitative estimate of drug-likeness (QED) is 0.318. The molecule has 9 heteroatoms. The van der Waals surface area contributed by atoms with Crippen LogP contribution in [0.3, 0.4) is 0 Å². The van der Waals surface area contributed by atoms with Crippen molar-refractivity contribution in [3.8, 4) is 0 Å². The summed E-state index contributed by atoms with van der Waals surface area (Å²) in [6.45, 7) is 6.91. The molecule has 0 saturated heterocycles.